The maximum Gasteiger partial charge on any atom is 0.319 e. The van der Waals surface area contributed by atoms with Gasteiger partial charge in [-0.2, -0.15) is 0 Å². The van der Waals surface area contributed by atoms with Gasteiger partial charge in [0.05, 0.1) is 4.92 Å². The number of Topliss-reactive ketones (excluding diaryl/α,β-unsaturated/α-hetero) is 1. The molecule has 2 aromatic rings. The Kier molecular flexibility index (Phi) is 4.10. The zero-order chi connectivity index (χ0) is 18.1. The lowest BCUT2D eigenvalue weighted by Crippen LogP contribution is -2.44. The molecule has 2 N–H and O–H groups in total. The summed E-state index contributed by atoms with van der Waals surface area (Å²) in [6.45, 7) is 3.08. The van der Waals surface area contributed by atoms with E-state index in [-0.39, 0.29) is 11.5 Å². The molecule has 0 spiro atoms. The van der Waals surface area contributed by atoms with Gasteiger partial charge in [-0.25, -0.2) is 4.79 Å². The highest BCUT2D eigenvalue weighted by Crippen LogP contribution is 2.32. The average molecular weight is 341 g/mol. The first kappa shape index (κ1) is 16.4. The number of carbonyl (C=O) groups excluding carboxylic acids is 2. The molecule has 1 atom stereocenters. The van der Waals surface area contributed by atoms with Gasteiger partial charge in [-0.1, -0.05) is 0 Å². The van der Waals surface area contributed by atoms with Crippen molar-refractivity contribution in [1.29, 1.82) is 0 Å². The number of amides is 2. The number of nitro groups is 1. The lowest BCUT2D eigenvalue weighted by molar-refractivity contribution is -0.384. The zero-order valence-electron chi connectivity index (χ0n) is 13.5. The number of benzene rings is 1. The number of rotatable bonds is 4. The van der Waals surface area contributed by atoms with Crippen molar-refractivity contribution < 1.29 is 18.9 Å². The Morgan fingerprint density at radius 2 is 1.88 bits per heavy atom. The van der Waals surface area contributed by atoms with E-state index in [0.29, 0.717) is 28.4 Å². The number of urea groups is 1. The van der Waals surface area contributed by atoms with Crippen LogP contribution >= 0.6 is 0 Å². The normalized spacial score (nSPS) is 17.0. The molecule has 1 aromatic heterocycles. The molecule has 0 saturated carbocycles. The van der Waals surface area contributed by atoms with E-state index in [9.17, 15) is 19.7 Å². The Morgan fingerprint density at radius 3 is 2.48 bits per heavy atom. The first-order valence-corrected chi connectivity index (χ1v) is 7.50. The second kappa shape index (κ2) is 6.23. The topological polar surface area (TPSA) is 114 Å². The van der Waals surface area contributed by atoms with E-state index in [1.807, 2.05) is 0 Å². The van der Waals surface area contributed by atoms with Gasteiger partial charge in [0.1, 0.15) is 17.6 Å². The maximum absolute atomic E-state index is 11.9. The van der Waals surface area contributed by atoms with Crippen LogP contribution in [0.4, 0.5) is 10.5 Å². The fourth-order valence-corrected chi connectivity index (χ4v) is 2.78. The molecule has 0 aliphatic carbocycles. The van der Waals surface area contributed by atoms with Crippen LogP contribution in [0.15, 0.2) is 52.1 Å². The monoisotopic (exact) mass is 341 g/mol. The highest BCUT2D eigenvalue weighted by Gasteiger charge is 2.31. The Bertz CT molecular complexity index is 895. The minimum Gasteiger partial charge on any atom is -0.459 e. The number of nitro benzene ring substituents is 1. The third kappa shape index (κ3) is 3.14. The predicted molar refractivity (Wildman–Crippen MR) is 88.6 cm³/mol. The second-order valence-electron chi connectivity index (χ2n) is 5.63. The van der Waals surface area contributed by atoms with Crippen molar-refractivity contribution in [1.82, 2.24) is 10.6 Å². The summed E-state index contributed by atoms with van der Waals surface area (Å²) in [6.07, 6.45) is 0. The summed E-state index contributed by atoms with van der Waals surface area (Å²) in [6, 6.07) is 8.19. The largest absolute Gasteiger partial charge is 0.459 e. The molecule has 1 aliphatic rings. The zero-order valence-corrected chi connectivity index (χ0v) is 13.5. The van der Waals surface area contributed by atoms with Crippen molar-refractivity contribution in [3.8, 4) is 11.3 Å². The van der Waals surface area contributed by atoms with Crippen LogP contribution in [-0.2, 0) is 4.79 Å². The van der Waals surface area contributed by atoms with Gasteiger partial charge in [-0.3, -0.25) is 14.9 Å². The number of hydrogen-bond acceptors (Lipinski definition) is 5. The minimum absolute atomic E-state index is 0.0152. The summed E-state index contributed by atoms with van der Waals surface area (Å²) in [5.41, 5.74) is 1.54. The van der Waals surface area contributed by atoms with Gasteiger partial charge in [0.25, 0.3) is 5.69 Å². The number of allylic oxidation sites excluding steroid dienone is 1. The van der Waals surface area contributed by atoms with Crippen molar-refractivity contribution in [3.05, 3.63) is 63.5 Å². The van der Waals surface area contributed by atoms with Crippen molar-refractivity contribution >= 4 is 17.5 Å². The highest BCUT2D eigenvalue weighted by atomic mass is 16.6. The summed E-state index contributed by atoms with van der Waals surface area (Å²) in [7, 11) is 0. The Hall–Kier alpha value is -3.42. The van der Waals surface area contributed by atoms with E-state index in [1.54, 1.807) is 31.2 Å². The van der Waals surface area contributed by atoms with Crippen LogP contribution in [0.2, 0.25) is 0 Å². The van der Waals surface area contributed by atoms with Crippen LogP contribution in [0.5, 0.6) is 0 Å². The smallest absolute Gasteiger partial charge is 0.319 e. The molecule has 0 saturated heterocycles. The first-order chi connectivity index (χ1) is 11.9. The maximum atomic E-state index is 11.9. The van der Waals surface area contributed by atoms with E-state index in [1.165, 1.54) is 19.1 Å². The van der Waals surface area contributed by atoms with Crippen LogP contribution in [0.25, 0.3) is 11.3 Å². The molecule has 1 unspecified atom stereocenters. The number of carbonyl (C=O) groups is 2. The summed E-state index contributed by atoms with van der Waals surface area (Å²) in [5.74, 6) is 0.717. The van der Waals surface area contributed by atoms with Crippen LogP contribution in [-0.4, -0.2) is 16.7 Å². The van der Waals surface area contributed by atoms with Gasteiger partial charge in [-0.15, -0.1) is 0 Å². The minimum atomic E-state index is -0.682. The van der Waals surface area contributed by atoms with Crippen LogP contribution in [0.3, 0.4) is 0 Å². The van der Waals surface area contributed by atoms with Crippen molar-refractivity contribution in [2.75, 3.05) is 0 Å². The van der Waals surface area contributed by atoms with Crippen LogP contribution < -0.4 is 10.6 Å². The molecule has 1 aromatic carbocycles. The first-order valence-electron chi connectivity index (χ1n) is 7.50. The number of ketones is 1. The quantitative estimate of drug-likeness (QED) is 0.655. The third-order valence-electron chi connectivity index (χ3n) is 3.92. The molecule has 3 rings (SSSR count). The molecule has 128 valence electrons. The molecule has 25 heavy (non-hydrogen) atoms. The molecular formula is C17H15N3O5. The van der Waals surface area contributed by atoms with Gasteiger partial charge in [-0.05, 0) is 38.1 Å². The number of hydrogen-bond donors (Lipinski definition) is 2. The van der Waals surface area contributed by atoms with Gasteiger partial charge < -0.3 is 15.1 Å². The lowest BCUT2D eigenvalue weighted by atomic mass is 9.97. The van der Waals surface area contributed by atoms with Crippen molar-refractivity contribution in [2.24, 2.45) is 0 Å². The van der Waals surface area contributed by atoms with Gasteiger partial charge in [0, 0.05) is 29.0 Å². The van der Waals surface area contributed by atoms with Gasteiger partial charge in [0.2, 0.25) is 0 Å². The molecule has 0 fully saturated rings. The fourth-order valence-electron chi connectivity index (χ4n) is 2.78. The number of non-ortho nitro benzene ring substituents is 1. The van der Waals surface area contributed by atoms with Gasteiger partial charge >= 0.3 is 6.03 Å². The van der Waals surface area contributed by atoms with Crippen molar-refractivity contribution in [2.45, 2.75) is 19.9 Å². The third-order valence-corrected chi connectivity index (χ3v) is 3.92. The Labute approximate surface area is 142 Å². The second-order valence-corrected chi connectivity index (χ2v) is 5.63. The van der Waals surface area contributed by atoms with E-state index >= 15 is 0 Å². The Morgan fingerprint density at radius 1 is 1.20 bits per heavy atom. The summed E-state index contributed by atoms with van der Waals surface area (Å²) < 4.78 is 5.79. The van der Waals surface area contributed by atoms with E-state index in [0.717, 1.165) is 0 Å². The molecule has 0 radical (unpaired) electrons. The SMILES string of the molecule is CC(=O)C1=C(C)NC(=O)NC1c1ccc(-c2ccc([N+](=O)[O-])cc2)o1. The van der Waals surface area contributed by atoms with Gasteiger partial charge in [0.15, 0.2) is 5.78 Å². The molecule has 1 aliphatic heterocycles. The van der Waals surface area contributed by atoms with E-state index < -0.39 is 17.0 Å². The fraction of sp³-hybridized carbons (Fsp3) is 0.176. The molecular weight excluding hydrogens is 326 g/mol. The molecule has 0 bridgehead atoms. The Balaban J connectivity index is 1.95. The van der Waals surface area contributed by atoms with Crippen LogP contribution in [0, 0.1) is 10.1 Å². The number of furan rings is 1. The van der Waals surface area contributed by atoms with Crippen LogP contribution in [0.1, 0.15) is 25.6 Å². The number of nitrogens with zero attached hydrogens (tertiary/aromatic N) is 1. The standard InChI is InChI=1S/C17H15N3O5/c1-9-15(10(2)21)16(19-17(22)18-9)14-8-7-13(25-14)11-3-5-12(6-4-11)20(23)24/h3-8,16H,1-2H3,(H2,18,19,22). The molecule has 8 nitrogen and oxygen atoms in total. The summed E-state index contributed by atoms with van der Waals surface area (Å²) in [5, 5.41) is 16.0. The summed E-state index contributed by atoms with van der Waals surface area (Å²) >= 11 is 0. The lowest BCUT2D eigenvalue weighted by Gasteiger charge is -2.26. The number of nitrogens with one attached hydrogen (secondary N) is 2. The van der Waals surface area contributed by atoms with E-state index in [2.05, 4.69) is 10.6 Å². The average Bonchev–Trinajstić information content (AvgIpc) is 3.03. The molecule has 8 heteroatoms. The van der Waals surface area contributed by atoms with Crippen molar-refractivity contribution in [3.63, 3.8) is 0 Å². The summed E-state index contributed by atoms with van der Waals surface area (Å²) in [4.78, 5) is 33.9. The predicted octanol–water partition coefficient (Wildman–Crippen LogP) is 3.07. The molecule has 2 amide bonds. The highest BCUT2D eigenvalue weighted by molar-refractivity contribution is 5.98. The molecule has 2 heterocycles. The van der Waals surface area contributed by atoms with E-state index in [4.69, 9.17) is 4.42 Å².